The van der Waals surface area contributed by atoms with Crippen molar-refractivity contribution in [2.24, 2.45) is 5.73 Å². The summed E-state index contributed by atoms with van der Waals surface area (Å²) in [5.74, 6) is -4.89. The van der Waals surface area contributed by atoms with Gasteiger partial charge in [-0.3, -0.25) is 9.69 Å². The summed E-state index contributed by atoms with van der Waals surface area (Å²) in [6.07, 6.45) is -0.169. The number of halogens is 4. The number of aryl methyl sites for hydroxylation is 1. The van der Waals surface area contributed by atoms with E-state index in [4.69, 9.17) is 5.73 Å². The highest BCUT2D eigenvalue weighted by Gasteiger charge is 2.38. The minimum atomic E-state index is -2.68. The summed E-state index contributed by atoms with van der Waals surface area (Å²) in [5, 5.41) is 13.3. The maximum atomic E-state index is 14.9. The normalized spacial score (nSPS) is 15.9. The highest BCUT2D eigenvalue weighted by molar-refractivity contribution is 7.20. The van der Waals surface area contributed by atoms with Gasteiger partial charge in [-0.2, -0.15) is 0 Å². The van der Waals surface area contributed by atoms with Crippen LogP contribution in [0.25, 0.3) is 10.4 Å². The number of thiophene rings is 1. The number of likely N-dealkylation sites (tertiary alicyclic amines) is 1. The number of carbonyl (C=O) groups excluding carboxylic acids is 1. The van der Waals surface area contributed by atoms with Gasteiger partial charge in [0.05, 0.1) is 23.3 Å². The Kier molecular flexibility index (Phi) is 6.84. The van der Waals surface area contributed by atoms with Gasteiger partial charge < -0.3 is 16.2 Å². The molecule has 4 rings (SSSR count). The third-order valence-electron chi connectivity index (χ3n) is 6.07. The molecule has 0 radical (unpaired) electrons. The molecule has 192 valence electrons. The second-order valence-corrected chi connectivity index (χ2v) is 10.5. The standard InChI is InChI=1S/C25H26F4N4O2S/c1-13-14(11-33-7-6-25(28,29)12-33)4-5-20(31-13)32-23-16(22(30)34)10-19(36-23)21-17(26)8-15(9-18(21)27)24(2,3)35/h4-5,8-10,35H,6-7,11-12H2,1-3H3,(H2,30,34)(H,31,32). The van der Waals surface area contributed by atoms with Gasteiger partial charge >= 0.3 is 0 Å². The van der Waals surface area contributed by atoms with Crippen molar-refractivity contribution in [3.63, 3.8) is 0 Å². The minimum Gasteiger partial charge on any atom is -0.386 e. The van der Waals surface area contributed by atoms with Crippen LogP contribution in [-0.4, -0.2) is 39.9 Å². The fourth-order valence-corrected chi connectivity index (χ4v) is 5.20. The second-order valence-electron chi connectivity index (χ2n) is 9.47. The molecule has 0 spiro atoms. The van der Waals surface area contributed by atoms with Crippen LogP contribution in [0.2, 0.25) is 0 Å². The summed E-state index contributed by atoms with van der Waals surface area (Å²) >= 11 is 0.927. The Hall–Kier alpha value is -3.02. The van der Waals surface area contributed by atoms with E-state index < -0.39 is 29.1 Å². The molecule has 3 aromatic rings. The van der Waals surface area contributed by atoms with Crippen LogP contribution in [0.3, 0.4) is 0 Å². The number of anilines is 2. The summed E-state index contributed by atoms with van der Waals surface area (Å²) < 4.78 is 56.7. The summed E-state index contributed by atoms with van der Waals surface area (Å²) in [4.78, 5) is 18.3. The van der Waals surface area contributed by atoms with E-state index in [0.717, 1.165) is 29.0 Å². The lowest BCUT2D eigenvalue weighted by atomic mass is 9.96. The summed E-state index contributed by atoms with van der Waals surface area (Å²) in [6.45, 7) is 4.93. The van der Waals surface area contributed by atoms with Crippen LogP contribution in [0.4, 0.5) is 28.4 Å². The molecule has 1 saturated heterocycles. The quantitative estimate of drug-likeness (QED) is 0.366. The number of nitrogens with one attached hydrogen (secondary N) is 1. The average molecular weight is 523 g/mol. The van der Waals surface area contributed by atoms with Crippen molar-refractivity contribution < 1.29 is 27.5 Å². The Labute approximate surface area is 209 Å². The van der Waals surface area contributed by atoms with Crippen molar-refractivity contribution in [3.05, 3.63) is 64.4 Å². The molecular formula is C25H26F4N4O2S. The number of hydrogen-bond acceptors (Lipinski definition) is 6. The highest BCUT2D eigenvalue weighted by Crippen LogP contribution is 2.40. The predicted molar refractivity (Wildman–Crippen MR) is 131 cm³/mol. The Morgan fingerprint density at radius 1 is 1.25 bits per heavy atom. The van der Waals surface area contributed by atoms with Crippen molar-refractivity contribution >= 4 is 28.1 Å². The van der Waals surface area contributed by atoms with Crippen LogP contribution in [0, 0.1) is 18.6 Å². The van der Waals surface area contributed by atoms with Crippen molar-refractivity contribution in [1.29, 1.82) is 0 Å². The van der Waals surface area contributed by atoms with Crippen molar-refractivity contribution in [1.82, 2.24) is 9.88 Å². The van der Waals surface area contributed by atoms with E-state index in [9.17, 15) is 27.5 Å². The van der Waals surface area contributed by atoms with Gasteiger partial charge in [0.2, 0.25) is 0 Å². The zero-order valence-corrected chi connectivity index (χ0v) is 20.8. The lowest BCUT2D eigenvalue weighted by molar-refractivity contribution is 0.0114. The lowest BCUT2D eigenvalue weighted by Gasteiger charge is -2.18. The van der Waals surface area contributed by atoms with Gasteiger partial charge in [0, 0.05) is 30.1 Å². The van der Waals surface area contributed by atoms with Crippen LogP contribution in [0.15, 0.2) is 30.3 Å². The first-order chi connectivity index (χ1) is 16.7. The number of aromatic nitrogens is 1. The van der Waals surface area contributed by atoms with Crippen LogP contribution >= 0.6 is 11.3 Å². The van der Waals surface area contributed by atoms with Gasteiger partial charge in [-0.15, -0.1) is 11.3 Å². The lowest BCUT2D eigenvalue weighted by Crippen LogP contribution is -2.25. The smallest absolute Gasteiger partial charge is 0.261 e. The Bertz CT molecular complexity index is 1300. The van der Waals surface area contributed by atoms with E-state index in [1.165, 1.54) is 19.9 Å². The van der Waals surface area contributed by atoms with Gasteiger partial charge in [0.1, 0.15) is 22.5 Å². The first-order valence-corrected chi connectivity index (χ1v) is 12.0. The molecule has 0 aliphatic carbocycles. The van der Waals surface area contributed by atoms with Crippen molar-refractivity contribution in [3.8, 4) is 10.4 Å². The number of hydrogen-bond donors (Lipinski definition) is 3. The third-order valence-corrected chi connectivity index (χ3v) is 7.14. The largest absolute Gasteiger partial charge is 0.386 e. The second kappa shape index (κ2) is 9.45. The molecule has 1 aromatic carbocycles. The molecule has 4 N–H and O–H groups in total. The molecule has 0 atom stereocenters. The Morgan fingerprint density at radius 3 is 2.44 bits per heavy atom. The number of aliphatic hydroxyl groups is 1. The summed E-state index contributed by atoms with van der Waals surface area (Å²) in [6, 6.07) is 6.80. The van der Waals surface area contributed by atoms with Crippen LogP contribution in [0.5, 0.6) is 0 Å². The number of primary amides is 1. The number of rotatable bonds is 7. The van der Waals surface area contributed by atoms with Gasteiger partial charge in [0.25, 0.3) is 11.8 Å². The number of pyridine rings is 1. The number of alkyl halides is 2. The van der Waals surface area contributed by atoms with Crippen LogP contribution in [0.1, 0.15) is 47.4 Å². The van der Waals surface area contributed by atoms with E-state index in [1.807, 2.05) is 0 Å². The number of benzene rings is 1. The molecule has 11 heteroatoms. The molecule has 1 aliphatic rings. The number of nitrogens with two attached hydrogens (primary N) is 1. The maximum absolute atomic E-state index is 14.9. The summed E-state index contributed by atoms with van der Waals surface area (Å²) in [5.41, 5.74) is 5.23. The monoisotopic (exact) mass is 522 g/mol. The molecule has 3 heterocycles. The number of carbonyl (C=O) groups is 1. The molecule has 36 heavy (non-hydrogen) atoms. The summed E-state index contributed by atoms with van der Waals surface area (Å²) in [7, 11) is 0. The Morgan fingerprint density at radius 2 is 1.92 bits per heavy atom. The van der Waals surface area contributed by atoms with E-state index in [1.54, 1.807) is 24.0 Å². The molecule has 0 bridgehead atoms. The van der Waals surface area contributed by atoms with Gasteiger partial charge in [0.15, 0.2) is 0 Å². The zero-order valence-electron chi connectivity index (χ0n) is 20.0. The molecule has 6 nitrogen and oxygen atoms in total. The van der Waals surface area contributed by atoms with Gasteiger partial charge in [-0.05, 0) is 56.2 Å². The number of amides is 1. The van der Waals surface area contributed by atoms with Crippen LogP contribution < -0.4 is 11.1 Å². The zero-order chi connectivity index (χ0) is 26.4. The number of nitrogens with zero attached hydrogens (tertiary/aromatic N) is 2. The fourth-order valence-electron chi connectivity index (χ4n) is 4.08. The van der Waals surface area contributed by atoms with Crippen molar-refractivity contribution in [2.45, 2.75) is 45.3 Å². The van der Waals surface area contributed by atoms with Crippen LogP contribution in [-0.2, 0) is 12.1 Å². The van der Waals surface area contributed by atoms with E-state index in [2.05, 4.69) is 10.3 Å². The van der Waals surface area contributed by atoms with E-state index >= 15 is 0 Å². The molecule has 1 fully saturated rings. The topological polar surface area (TPSA) is 91.5 Å². The third kappa shape index (κ3) is 5.53. The molecule has 1 amide bonds. The molecule has 1 aliphatic heterocycles. The molecular weight excluding hydrogens is 496 g/mol. The average Bonchev–Trinajstić information content (AvgIpc) is 3.31. The Balaban J connectivity index is 1.61. The first-order valence-electron chi connectivity index (χ1n) is 11.2. The van der Waals surface area contributed by atoms with Crippen molar-refractivity contribution in [2.75, 3.05) is 18.4 Å². The van der Waals surface area contributed by atoms with Gasteiger partial charge in [-0.25, -0.2) is 22.5 Å². The van der Waals surface area contributed by atoms with E-state index in [0.29, 0.717) is 24.6 Å². The molecule has 0 unspecified atom stereocenters. The SMILES string of the molecule is Cc1nc(Nc2sc(-c3c(F)cc(C(C)(C)O)cc3F)cc2C(N)=O)ccc1CN1CCC(F)(F)C1. The fraction of sp³-hybridized carbons (Fsp3) is 0.360. The minimum absolute atomic E-state index is 0.0307. The predicted octanol–water partition coefficient (Wildman–Crippen LogP) is 5.31. The maximum Gasteiger partial charge on any atom is 0.261 e. The van der Waals surface area contributed by atoms with E-state index in [-0.39, 0.29) is 39.5 Å². The highest BCUT2D eigenvalue weighted by atomic mass is 32.1. The first kappa shape index (κ1) is 26.1. The van der Waals surface area contributed by atoms with Gasteiger partial charge in [-0.1, -0.05) is 6.07 Å². The molecule has 0 saturated carbocycles. The molecule has 2 aromatic heterocycles.